The van der Waals surface area contributed by atoms with Crippen molar-refractivity contribution in [1.82, 2.24) is 19.9 Å². The zero-order chi connectivity index (χ0) is 16.4. The highest BCUT2D eigenvalue weighted by Gasteiger charge is 2.15. The van der Waals surface area contributed by atoms with Gasteiger partial charge in [-0.1, -0.05) is 18.2 Å². The molecule has 3 aromatic rings. The first-order valence-electron chi connectivity index (χ1n) is 8.16. The minimum absolute atomic E-state index is 0.586. The Morgan fingerprint density at radius 3 is 2.54 bits per heavy atom. The quantitative estimate of drug-likeness (QED) is 0.800. The second-order valence-corrected chi connectivity index (χ2v) is 6.07. The molecule has 6 heteroatoms. The topological polar surface area (TPSA) is 57.2 Å². The molecule has 4 rings (SSSR count). The number of anilines is 3. The summed E-state index contributed by atoms with van der Waals surface area (Å²) in [6, 6.07) is 12.0. The van der Waals surface area contributed by atoms with E-state index in [1.807, 2.05) is 42.7 Å². The molecule has 1 aliphatic heterocycles. The molecule has 0 bridgehead atoms. The number of hydrogen-bond donors (Lipinski definition) is 1. The predicted molar refractivity (Wildman–Crippen MR) is 96.8 cm³/mol. The molecule has 0 amide bonds. The van der Waals surface area contributed by atoms with E-state index in [4.69, 9.17) is 0 Å². The van der Waals surface area contributed by atoms with E-state index in [-0.39, 0.29) is 0 Å². The molecule has 1 fully saturated rings. The van der Waals surface area contributed by atoms with Gasteiger partial charge in [-0.15, -0.1) is 0 Å². The Morgan fingerprint density at radius 1 is 0.917 bits per heavy atom. The summed E-state index contributed by atoms with van der Waals surface area (Å²) in [6.07, 6.45) is 3.67. The number of aromatic nitrogens is 3. The number of para-hydroxylation sites is 1. The second-order valence-electron chi connectivity index (χ2n) is 6.07. The molecule has 2 aromatic heterocycles. The monoisotopic (exact) mass is 320 g/mol. The number of nitrogens with one attached hydrogen (secondary N) is 1. The van der Waals surface area contributed by atoms with Crippen molar-refractivity contribution in [2.75, 3.05) is 43.4 Å². The summed E-state index contributed by atoms with van der Waals surface area (Å²) >= 11 is 0. The van der Waals surface area contributed by atoms with Gasteiger partial charge in [0.05, 0.1) is 17.4 Å². The molecule has 0 spiro atoms. The highest BCUT2D eigenvalue weighted by Crippen LogP contribution is 2.19. The van der Waals surface area contributed by atoms with E-state index in [1.165, 1.54) is 0 Å². The van der Waals surface area contributed by atoms with Crippen LogP contribution in [-0.4, -0.2) is 53.1 Å². The van der Waals surface area contributed by atoms with Crippen molar-refractivity contribution in [3.05, 3.63) is 48.8 Å². The lowest BCUT2D eigenvalue weighted by molar-refractivity contribution is 0.312. The van der Waals surface area contributed by atoms with Crippen molar-refractivity contribution in [3.63, 3.8) is 0 Å². The van der Waals surface area contributed by atoms with Crippen molar-refractivity contribution in [1.29, 1.82) is 0 Å². The summed E-state index contributed by atoms with van der Waals surface area (Å²) < 4.78 is 0. The minimum atomic E-state index is 0.586. The van der Waals surface area contributed by atoms with E-state index >= 15 is 0 Å². The van der Waals surface area contributed by atoms with Crippen molar-refractivity contribution >= 4 is 28.4 Å². The Balaban J connectivity index is 1.48. The average molecular weight is 320 g/mol. The summed E-state index contributed by atoms with van der Waals surface area (Å²) in [5.41, 5.74) is 1.82. The van der Waals surface area contributed by atoms with Crippen LogP contribution in [0.15, 0.2) is 48.8 Å². The van der Waals surface area contributed by atoms with Crippen LogP contribution in [0.1, 0.15) is 0 Å². The third kappa shape index (κ3) is 3.14. The number of likely N-dealkylation sites (N-methyl/N-ethyl adjacent to an activating group) is 1. The summed E-state index contributed by atoms with van der Waals surface area (Å²) in [6.45, 7) is 4.19. The fourth-order valence-corrected chi connectivity index (χ4v) is 2.84. The normalized spacial score (nSPS) is 15.6. The Hall–Kier alpha value is -2.73. The molecule has 24 heavy (non-hydrogen) atoms. The number of fused-ring (bicyclic) bond motifs is 1. The number of benzene rings is 1. The van der Waals surface area contributed by atoms with Gasteiger partial charge in [0.1, 0.15) is 5.82 Å². The molecule has 3 heterocycles. The first-order chi connectivity index (χ1) is 11.8. The lowest BCUT2D eigenvalue weighted by Gasteiger charge is -2.33. The van der Waals surface area contributed by atoms with Crippen LogP contribution in [0.3, 0.4) is 0 Å². The van der Waals surface area contributed by atoms with Crippen molar-refractivity contribution in [2.45, 2.75) is 0 Å². The maximum absolute atomic E-state index is 4.58. The number of hydrogen-bond acceptors (Lipinski definition) is 6. The van der Waals surface area contributed by atoms with Crippen LogP contribution in [0.2, 0.25) is 0 Å². The third-order valence-electron chi connectivity index (χ3n) is 4.32. The van der Waals surface area contributed by atoms with Crippen LogP contribution in [0.5, 0.6) is 0 Å². The zero-order valence-electron chi connectivity index (χ0n) is 13.7. The zero-order valence-corrected chi connectivity index (χ0v) is 13.7. The maximum atomic E-state index is 4.58. The number of piperazine rings is 1. The standard InChI is InChI=1S/C18H20N6/c1-23-8-10-24(11-9-23)17-7-6-15(13-19-17)21-18-20-12-14-4-2-3-5-16(14)22-18/h2-7,12-13H,8-11H2,1H3,(H,20,21,22). The Labute approximate surface area is 141 Å². The molecule has 122 valence electrons. The van der Waals surface area contributed by atoms with E-state index < -0.39 is 0 Å². The van der Waals surface area contributed by atoms with Gasteiger partial charge in [0.25, 0.3) is 0 Å². The Bertz CT molecular complexity index is 824. The van der Waals surface area contributed by atoms with E-state index in [9.17, 15) is 0 Å². The van der Waals surface area contributed by atoms with E-state index in [1.54, 1.807) is 0 Å². The van der Waals surface area contributed by atoms with E-state index in [2.05, 4.69) is 43.2 Å². The molecular formula is C18H20N6. The first kappa shape index (κ1) is 14.8. The lowest BCUT2D eigenvalue weighted by Crippen LogP contribution is -2.44. The summed E-state index contributed by atoms with van der Waals surface area (Å²) in [4.78, 5) is 18.1. The highest BCUT2D eigenvalue weighted by molar-refractivity contribution is 5.78. The summed E-state index contributed by atoms with van der Waals surface area (Å²) in [7, 11) is 2.15. The van der Waals surface area contributed by atoms with Gasteiger partial charge in [0.15, 0.2) is 0 Å². The van der Waals surface area contributed by atoms with Gasteiger partial charge in [0.2, 0.25) is 5.95 Å². The highest BCUT2D eigenvalue weighted by atomic mass is 15.3. The smallest absolute Gasteiger partial charge is 0.227 e. The van der Waals surface area contributed by atoms with E-state index in [0.717, 1.165) is 48.6 Å². The van der Waals surface area contributed by atoms with Crippen LogP contribution in [0.4, 0.5) is 17.5 Å². The van der Waals surface area contributed by atoms with E-state index in [0.29, 0.717) is 5.95 Å². The number of nitrogens with zero attached hydrogens (tertiary/aromatic N) is 5. The summed E-state index contributed by atoms with van der Waals surface area (Å²) in [5.74, 6) is 1.61. The van der Waals surface area contributed by atoms with Crippen LogP contribution in [-0.2, 0) is 0 Å². The first-order valence-corrected chi connectivity index (χ1v) is 8.16. The largest absolute Gasteiger partial charge is 0.354 e. The fraction of sp³-hybridized carbons (Fsp3) is 0.278. The van der Waals surface area contributed by atoms with Gasteiger partial charge in [-0.3, -0.25) is 0 Å². The van der Waals surface area contributed by atoms with Crippen LogP contribution in [0, 0.1) is 0 Å². The molecule has 1 aliphatic rings. The third-order valence-corrected chi connectivity index (χ3v) is 4.32. The summed E-state index contributed by atoms with van der Waals surface area (Å²) in [5, 5.41) is 4.26. The molecule has 0 aliphatic carbocycles. The average Bonchev–Trinajstić information content (AvgIpc) is 2.63. The van der Waals surface area contributed by atoms with Crippen LogP contribution >= 0.6 is 0 Å². The molecule has 0 atom stereocenters. The Morgan fingerprint density at radius 2 is 1.75 bits per heavy atom. The SMILES string of the molecule is CN1CCN(c2ccc(Nc3ncc4ccccc4n3)cn2)CC1. The Kier molecular flexibility index (Phi) is 3.96. The number of rotatable bonds is 3. The number of pyridine rings is 1. The van der Waals surface area contributed by atoms with Crippen molar-refractivity contribution in [3.8, 4) is 0 Å². The van der Waals surface area contributed by atoms with Crippen molar-refractivity contribution in [2.24, 2.45) is 0 Å². The van der Waals surface area contributed by atoms with Crippen LogP contribution in [0.25, 0.3) is 10.9 Å². The lowest BCUT2D eigenvalue weighted by atomic mass is 10.2. The molecule has 1 aromatic carbocycles. The van der Waals surface area contributed by atoms with Gasteiger partial charge < -0.3 is 15.1 Å². The van der Waals surface area contributed by atoms with Gasteiger partial charge >= 0.3 is 0 Å². The van der Waals surface area contributed by atoms with Gasteiger partial charge in [-0.05, 0) is 25.2 Å². The second kappa shape index (κ2) is 6.41. The molecule has 6 nitrogen and oxygen atoms in total. The molecule has 0 radical (unpaired) electrons. The maximum Gasteiger partial charge on any atom is 0.227 e. The molecule has 1 N–H and O–H groups in total. The van der Waals surface area contributed by atoms with Gasteiger partial charge in [0, 0.05) is 37.8 Å². The van der Waals surface area contributed by atoms with Gasteiger partial charge in [-0.2, -0.15) is 0 Å². The molecule has 0 unspecified atom stereocenters. The van der Waals surface area contributed by atoms with Crippen LogP contribution < -0.4 is 10.2 Å². The fourth-order valence-electron chi connectivity index (χ4n) is 2.84. The van der Waals surface area contributed by atoms with Gasteiger partial charge in [-0.25, -0.2) is 15.0 Å². The van der Waals surface area contributed by atoms with Crippen molar-refractivity contribution < 1.29 is 0 Å². The molecular weight excluding hydrogens is 300 g/mol. The predicted octanol–water partition coefficient (Wildman–Crippen LogP) is 2.52. The minimum Gasteiger partial charge on any atom is -0.354 e. The molecule has 0 saturated carbocycles. The molecule has 1 saturated heterocycles.